The molecule has 2 aromatic heterocycles. The van der Waals surface area contributed by atoms with E-state index in [4.69, 9.17) is 5.84 Å². The Labute approximate surface area is 185 Å². The summed E-state index contributed by atoms with van der Waals surface area (Å²) in [5.74, 6) is 5.23. The summed E-state index contributed by atoms with van der Waals surface area (Å²) in [6.45, 7) is 0. The van der Waals surface area contributed by atoms with Crippen LogP contribution in [-0.2, 0) is 4.79 Å². The van der Waals surface area contributed by atoms with E-state index in [2.05, 4.69) is 15.6 Å². The molecule has 0 bridgehead atoms. The predicted molar refractivity (Wildman–Crippen MR) is 124 cm³/mol. The average Bonchev–Trinajstić information content (AvgIpc) is 3.21. The molecule has 0 unspecified atom stereocenters. The Morgan fingerprint density at radius 3 is 2.45 bits per heavy atom. The number of amides is 3. The molecule has 0 atom stereocenters. The quantitative estimate of drug-likeness (QED) is 0.243. The fraction of sp³-hybridized carbons (Fsp3) is 0.0476. The Morgan fingerprint density at radius 1 is 1.06 bits per heavy atom. The Kier molecular flexibility index (Phi) is 6.01. The maximum Gasteiger partial charge on any atom is 0.325 e. The number of imide groups is 1. The molecule has 8 nitrogen and oxygen atoms in total. The molecule has 0 fully saturated rings. The highest BCUT2D eigenvalue weighted by Crippen LogP contribution is 2.31. The van der Waals surface area contributed by atoms with Crippen molar-refractivity contribution >= 4 is 50.9 Å². The summed E-state index contributed by atoms with van der Waals surface area (Å²) in [5, 5.41) is 4.98. The molecular formula is C21H17N5O3S2. The lowest BCUT2D eigenvalue weighted by molar-refractivity contribution is -0.117. The number of carbonyl (C=O) groups is 2. The highest BCUT2D eigenvalue weighted by molar-refractivity contribution is 7.99. The van der Waals surface area contributed by atoms with Gasteiger partial charge in [0.15, 0.2) is 5.16 Å². The first-order valence-electron chi connectivity index (χ1n) is 9.17. The molecule has 0 saturated heterocycles. The number of thioether (sulfide) groups is 1. The van der Waals surface area contributed by atoms with E-state index in [1.54, 1.807) is 24.3 Å². The van der Waals surface area contributed by atoms with Crippen LogP contribution in [0.15, 0.2) is 76.7 Å². The SMILES string of the molecule is Nn1c(SCC(=O)NC(=O)Nc2ccccc2)nc2cc(-c3ccccc3)sc2c1=O. The van der Waals surface area contributed by atoms with Gasteiger partial charge in [-0.3, -0.25) is 14.9 Å². The number of nitrogens with two attached hydrogens (primary N) is 1. The minimum Gasteiger partial charge on any atom is -0.334 e. The fourth-order valence-electron chi connectivity index (χ4n) is 2.79. The number of urea groups is 1. The molecule has 0 radical (unpaired) electrons. The molecule has 4 aromatic rings. The number of aromatic nitrogens is 2. The number of hydrogen-bond acceptors (Lipinski definition) is 7. The first-order valence-corrected chi connectivity index (χ1v) is 11.0. The van der Waals surface area contributed by atoms with Gasteiger partial charge in [-0.15, -0.1) is 11.3 Å². The van der Waals surface area contributed by atoms with E-state index >= 15 is 0 Å². The summed E-state index contributed by atoms with van der Waals surface area (Å²) in [7, 11) is 0. The highest BCUT2D eigenvalue weighted by Gasteiger charge is 2.16. The topological polar surface area (TPSA) is 119 Å². The van der Waals surface area contributed by atoms with Crippen LogP contribution in [0.5, 0.6) is 0 Å². The molecule has 2 aromatic carbocycles. The van der Waals surface area contributed by atoms with Gasteiger partial charge in [-0.2, -0.15) is 0 Å². The fourth-order valence-corrected chi connectivity index (χ4v) is 4.55. The first kappa shape index (κ1) is 20.6. The van der Waals surface area contributed by atoms with Crippen LogP contribution in [0.2, 0.25) is 0 Å². The molecule has 2 heterocycles. The van der Waals surface area contributed by atoms with Crippen molar-refractivity contribution in [1.29, 1.82) is 0 Å². The molecule has 0 spiro atoms. The lowest BCUT2D eigenvalue weighted by atomic mass is 10.2. The molecule has 3 amide bonds. The third kappa shape index (κ3) is 4.76. The number of rotatable bonds is 5. The van der Waals surface area contributed by atoms with Gasteiger partial charge in [-0.05, 0) is 23.8 Å². The predicted octanol–water partition coefficient (Wildman–Crippen LogP) is 3.28. The van der Waals surface area contributed by atoms with Crippen molar-refractivity contribution in [2.45, 2.75) is 5.16 Å². The van der Waals surface area contributed by atoms with E-state index in [1.165, 1.54) is 11.3 Å². The Hall–Kier alpha value is -3.63. The zero-order chi connectivity index (χ0) is 21.8. The summed E-state index contributed by atoms with van der Waals surface area (Å²) in [6.07, 6.45) is 0. The number of nitrogens with one attached hydrogen (secondary N) is 2. The summed E-state index contributed by atoms with van der Waals surface area (Å²) in [4.78, 5) is 42.0. The summed E-state index contributed by atoms with van der Waals surface area (Å²) in [5.41, 5.74) is 1.67. The minimum absolute atomic E-state index is 0.132. The third-order valence-corrected chi connectivity index (χ3v) is 6.34. The number of thiophene rings is 1. The zero-order valence-electron chi connectivity index (χ0n) is 16.1. The van der Waals surface area contributed by atoms with E-state index in [0.29, 0.717) is 15.9 Å². The number of fused-ring (bicyclic) bond motifs is 1. The Morgan fingerprint density at radius 2 is 1.74 bits per heavy atom. The lowest BCUT2D eigenvalue weighted by Crippen LogP contribution is -2.36. The van der Waals surface area contributed by atoms with Gasteiger partial charge in [0.1, 0.15) is 4.70 Å². The normalized spacial score (nSPS) is 10.7. The van der Waals surface area contributed by atoms with Gasteiger partial charge < -0.3 is 11.2 Å². The van der Waals surface area contributed by atoms with Crippen molar-refractivity contribution in [3.8, 4) is 10.4 Å². The van der Waals surface area contributed by atoms with Gasteiger partial charge in [-0.1, -0.05) is 60.3 Å². The van der Waals surface area contributed by atoms with Crippen molar-refractivity contribution in [3.63, 3.8) is 0 Å². The maximum atomic E-state index is 12.6. The van der Waals surface area contributed by atoms with Crippen LogP contribution in [0.3, 0.4) is 0 Å². The number of carbonyl (C=O) groups excluding carboxylic acids is 2. The molecule has 4 N–H and O–H groups in total. The highest BCUT2D eigenvalue weighted by atomic mass is 32.2. The second kappa shape index (κ2) is 9.02. The monoisotopic (exact) mass is 451 g/mol. The number of nitrogens with zero attached hydrogens (tertiary/aromatic N) is 2. The van der Waals surface area contributed by atoms with Crippen LogP contribution in [0.1, 0.15) is 0 Å². The molecule has 10 heteroatoms. The van der Waals surface area contributed by atoms with Crippen LogP contribution in [0.4, 0.5) is 10.5 Å². The third-order valence-electron chi connectivity index (χ3n) is 4.22. The molecule has 0 aliphatic carbocycles. The van der Waals surface area contributed by atoms with Crippen molar-refractivity contribution in [3.05, 3.63) is 77.1 Å². The largest absolute Gasteiger partial charge is 0.334 e. The van der Waals surface area contributed by atoms with E-state index in [9.17, 15) is 14.4 Å². The van der Waals surface area contributed by atoms with Gasteiger partial charge in [0.25, 0.3) is 5.56 Å². The molecule has 0 aliphatic heterocycles. The van der Waals surface area contributed by atoms with E-state index < -0.39 is 11.9 Å². The van der Waals surface area contributed by atoms with Crippen molar-refractivity contribution in [2.75, 3.05) is 16.9 Å². The van der Waals surface area contributed by atoms with E-state index in [1.807, 2.05) is 42.5 Å². The number of para-hydroxylation sites is 1. The van der Waals surface area contributed by atoms with Gasteiger partial charge in [0.05, 0.1) is 11.3 Å². The van der Waals surface area contributed by atoms with Gasteiger partial charge in [0, 0.05) is 10.6 Å². The summed E-state index contributed by atoms with van der Waals surface area (Å²) < 4.78 is 1.37. The molecule has 0 saturated carbocycles. The smallest absolute Gasteiger partial charge is 0.325 e. The summed E-state index contributed by atoms with van der Waals surface area (Å²) >= 11 is 2.29. The lowest BCUT2D eigenvalue weighted by Gasteiger charge is -2.08. The van der Waals surface area contributed by atoms with Crippen LogP contribution in [-0.4, -0.2) is 27.4 Å². The molecule has 4 rings (SSSR count). The number of nitrogen functional groups attached to an aromatic ring is 1. The maximum absolute atomic E-state index is 12.6. The molecule has 0 aliphatic rings. The Balaban J connectivity index is 1.45. The van der Waals surface area contributed by atoms with Gasteiger partial charge in [0.2, 0.25) is 5.91 Å². The van der Waals surface area contributed by atoms with Crippen LogP contribution >= 0.6 is 23.1 Å². The molecule has 31 heavy (non-hydrogen) atoms. The standard InChI is InChI=1S/C21H17N5O3S2/c22-26-19(28)18-15(11-16(31-18)13-7-3-1-4-8-13)24-21(26)30-12-17(27)25-20(29)23-14-9-5-2-6-10-14/h1-11H,12,22H2,(H2,23,25,27,29). The van der Waals surface area contributed by atoms with Crippen molar-refractivity contribution < 1.29 is 9.59 Å². The summed E-state index contributed by atoms with van der Waals surface area (Å²) in [6, 6.07) is 19.6. The minimum atomic E-state index is -0.643. The molecular weight excluding hydrogens is 434 g/mol. The van der Waals surface area contributed by atoms with Crippen LogP contribution in [0, 0.1) is 0 Å². The van der Waals surface area contributed by atoms with Crippen LogP contribution < -0.4 is 22.0 Å². The Bertz CT molecular complexity index is 1300. The second-order valence-electron chi connectivity index (χ2n) is 6.42. The zero-order valence-corrected chi connectivity index (χ0v) is 17.7. The molecule has 156 valence electrons. The van der Waals surface area contributed by atoms with Gasteiger partial charge in [-0.25, -0.2) is 14.5 Å². The average molecular weight is 452 g/mol. The van der Waals surface area contributed by atoms with Crippen LogP contribution in [0.25, 0.3) is 20.7 Å². The number of hydrogen-bond donors (Lipinski definition) is 3. The number of anilines is 1. The van der Waals surface area contributed by atoms with Crippen molar-refractivity contribution in [1.82, 2.24) is 15.0 Å². The van der Waals surface area contributed by atoms with E-state index in [0.717, 1.165) is 26.9 Å². The van der Waals surface area contributed by atoms with Crippen molar-refractivity contribution in [2.24, 2.45) is 0 Å². The van der Waals surface area contributed by atoms with Gasteiger partial charge >= 0.3 is 6.03 Å². The first-order chi connectivity index (χ1) is 15.0. The second-order valence-corrected chi connectivity index (χ2v) is 8.41. The number of benzene rings is 2. The van der Waals surface area contributed by atoms with E-state index in [-0.39, 0.29) is 16.5 Å².